The van der Waals surface area contributed by atoms with Crippen molar-refractivity contribution in [3.8, 4) is 0 Å². The average molecular weight is 350 g/mol. The van der Waals surface area contributed by atoms with Crippen molar-refractivity contribution in [2.24, 2.45) is 5.14 Å². The van der Waals surface area contributed by atoms with Crippen LogP contribution in [0.25, 0.3) is 0 Å². The number of sulfonamides is 1. The van der Waals surface area contributed by atoms with Crippen LogP contribution in [0.1, 0.15) is 6.42 Å². The van der Waals surface area contributed by atoms with E-state index in [-0.39, 0.29) is 16.3 Å². The van der Waals surface area contributed by atoms with Crippen LogP contribution in [0.3, 0.4) is 0 Å². The van der Waals surface area contributed by atoms with Gasteiger partial charge in [0.1, 0.15) is 4.90 Å². The fourth-order valence-corrected chi connectivity index (χ4v) is 2.84. The molecule has 0 atom stereocenters. The molecular formula is C15H18N4O4S. The van der Waals surface area contributed by atoms with E-state index in [1.165, 1.54) is 12.1 Å². The number of para-hydroxylation sites is 1. The molecular weight excluding hydrogens is 332 g/mol. The van der Waals surface area contributed by atoms with E-state index in [4.69, 9.17) is 5.14 Å². The molecule has 8 nitrogen and oxygen atoms in total. The van der Waals surface area contributed by atoms with Crippen LogP contribution in [0.2, 0.25) is 0 Å². The standard InChI is InChI=1S/C15H18N4O4S/c16-24(22,23)15-11-13(19(20)21)7-8-14(15)18-10-4-9-17-12-5-2-1-3-6-12/h1-3,5-8,11,17-18H,4,9-10H2,(H2,16,22,23). The Balaban J connectivity index is 1.95. The van der Waals surface area contributed by atoms with E-state index >= 15 is 0 Å². The lowest BCUT2D eigenvalue weighted by atomic mass is 10.2. The molecule has 24 heavy (non-hydrogen) atoms. The predicted molar refractivity (Wildman–Crippen MR) is 92.5 cm³/mol. The van der Waals surface area contributed by atoms with Crippen molar-refractivity contribution in [1.29, 1.82) is 0 Å². The molecule has 0 aromatic heterocycles. The van der Waals surface area contributed by atoms with E-state index in [1.807, 2.05) is 30.3 Å². The van der Waals surface area contributed by atoms with Gasteiger partial charge in [-0.1, -0.05) is 18.2 Å². The number of nitro groups is 1. The van der Waals surface area contributed by atoms with Crippen molar-refractivity contribution in [2.75, 3.05) is 23.7 Å². The molecule has 0 aliphatic carbocycles. The monoisotopic (exact) mass is 350 g/mol. The minimum Gasteiger partial charge on any atom is -0.385 e. The minimum absolute atomic E-state index is 0.253. The highest BCUT2D eigenvalue weighted by atomic mass is 32.2. The van der Waals surface area contributed by atoms with Gasteiger partial charge in [-0.3, -0.25) is 10.1 Å². The Bertz CT molecular complexity index is 809. The van der Waals surface area contributed by atoms with Gasteiger partial charge < -0.3 is 10.6 Å². The lowest BCUT2D eigenvalue weighted by molar-refractivity contribution is -0.385. The summed E-state index contributed by atoms with van der Waals surface area (Å²) in [6.07, 6.45) is 0.718. The molecule has 0 radical (unpaired) electrons. The number of hydrogen-bond acceptors (Lipinski definition) is 6. The van der Waals surface area contributed by atoms with Crippen molar-refractivity contribution in [2.45, 2.75) is 11.3 Å². The first kappa shape index (κ1) is 17.7. The number of rotatable bonds is 8. The Hall–Kier alpha value is -2.65. The van der Waals surface area contributed by atoms with E-state index in [2.05, 4.69) is 10.6 Å². The summed E-state index contributed by atoms with van der Waals surface area (Å²) < 4.78 is 23.2. The van der Waals surface area contributed by atoms with E-state index in [0.717, 1.165) is 18.2 Å². The van der Waals surface area contributed by atoms with Crippen LogP contribution in [-0.4, -0.2) is 26.4 Å². The number of non-ortho nitro benzene ring substituents is 1. The first-order chi connectivity index (χ1) is 11.4. The summed E-state index contributed by atoms with van der Waals surface area (Å²) >= 11 is 0. The minimum atomic E-state index is -4.06. The van der Waals surface area contributed by atoms with Crippen molar-refractivity contribution in [1.82, 2.24) is 0 Å². The molecule has 4 N–H and O–H groups in total. The Morgan fingerprint density at radius 2 is 1.71 bits per heavy atom. The maximum absolute atomic E-state index is 11.6. The molecule has 0 aliphatic rings. The second-order valence-electron chi connectivity index (χ2n) is 5.06. The summed E-state index contributed by atoms with van der Waals surface area (Å²) in [4.78, 5) is 9.82. The Labute approximate surface area is 139 Å². The molecule has 0 fully saturated rings. The summed E-state index contributed by atoms with van der Waals surface area (Å²) in [6.45, 7) is 1.18. The van der Waals surface area contributed by atoms with Gasteiger partial charge in [-0.2, -0.15) is 0 Å². The summed E-state index contributed by atoms with van der Waals surface area (Å²) in [5.74, 6) is 0. The van der Waals surface area contributed by atoms with Crippen LogP contribution in [-0.2, 0) is 10.0 Å². The van der Waals surface area contributed by atoms with E-state index in [1.54, 1.807) is 0 Å². The van der Waals surface area contributed by atoms with Gasteiger partial charge in [-0.25, -0.2) is 13.6 Å². The van der Waals surface area contributed by atoms with Crippen LogP contribution >= 0.6 is 0 Å². The van der Waals surface area contributed by atoms with E-state index in [9.17, 15) is 18.5 Å². The third kappa shape index (κ3) is 4.93. The van der Waals surface area contributed by atoms with E-state index < -0.39 is 14.9 Å². The van der Waals surface area contributed by atoms with Crippen molar-refractivity contribution < 1.29 is 13.3 Å². The van der Waals surface area contributed by atoms with Gasteiger partial charge in [0.2, 0.25) is 10.0 Å². The number of hydrogen-bond donors (Lipinski definition) is 3. The van der Waals surface area contributed by atoms with Crippen molar-refractivity contribution >= 4 is 27.1 Å². The number of nitrogens with zero attached hydrogens (tertiary/aromatic N) is 1. The normalized spacial score (nSPS) is 11.0. The predicted octanol–water partition coefficient (Wildman–Crippen LogP) is 2.16. The van der Waals surface area contributed by atoms with Gasteiger partial charge >= 0.3 is 0 Å². The van der Waals surface area contributed by atoms with E-state index in [0.29, 0.717) is 13.1 Å². The topological polar surface area (TPSA) is 127 Å². The number of nitrogens with two attached hydrogens (primary N) is 1. The van der Waals surface area contributed by atoms with Crippen LogP contribution in [0.4, 0.5) is 17.1 Å². The van der Waals surface area contributed by atoms with Gasteiger partial charge in [0.05, 0.1) is 10.6 Å². The molecule has 0 heterocycles. The summed E-state index contributed by atoms with van der Waals surface area (Å²) in [6, 6.07) is 13.2. The van der Waals surface area contributed by atoms with Gasteiger partial charge in [0.25, 0.3) is 5.69 Å². The third-order valence-electron chi connectivity index (χ3n) is 3.25. The summed E-state index contributed by atoms with van der Waals surface area (Å²) in [5, 5.41) is 22.1. The quantitative estimate of drug-likeness (QED) is 0.380. The number of nitrogens with one attached hydrogen (secondary N) is 2. The molecule has 0 spiro atoms. The number of primary sulfonamides is 1. The Morgan fingerprint density at radius 1 is 1.04 bits per heavy atom. The van der Waals surface area contributed by atoms with Crippen LogP contribution in [0, 0.1) is 10.1 Å². The highest BCUT2D eigenvalue weighted by molar-refractivity contribution is 7.89. The molecule has 0 bridgehead atoms. The zero-order chi connectivity index (χ0) is 17.6. The highest BCUT2D eigenvalue weighted by Crippen LogP contribution is 2.25. The van der Waals surface area contributed by atoms with Gasteiger partial charge in [-0.15, -0.1) is 0 Å². The molecule has 0 amide bonds. The first-order valence-corrected chi connectivity index (χ1v) is 8.76. The Kier molecular flexibility index (Phi) is 5.72. The van der Waals surface area contributed by atoms with Crippen molar-refractivity contribution in [3.05, 3.63) is 58.6 Å². The smallest absolute Gasteiger partial charge is 0.270 e. The maximum atomic E-state index is 11.6. The largest absolute Gasteiger partial charge is 0.385 e. The molecule has 2 aromatic carbocycles. The van der Waals surface area contributed by atoms with Crippen LogP contribution in [0.15, 0.2) is 53.4 Å². The fourth-order valence-electron chi connectivity index (χ4n) is 2.11. The Morgan fingerprint density at radius 3 is 2.33 bits per heavy atom. The lowest BCUT2D eigenvalue weighted by Crippen LogP contribution is -2.16. The second-order valence-corrected chi connectivity index (χ2v) is 6.59. The fraction of sp³-hybridized carbons (Fsp3) is 0.200. The average Bonchev–Trinajstić information content (AvgIpc) is 2.54. The van der Waals surface area contributed by atoms with Crippen LogP contribution in [0.5, 0.6) is 0 Å². The summed E-state index contributed by atoms with van der Waals surface area (Å²) in [7, 11) is -4.06. The number of benzene rings is 2. The van der Waals surface area contributed by atoms with Gasteiger partial charge in [-0.05, 0) is 24.6 Å². The molecule has 9 heteroatoms. The second kappa shape index (κ2) is 7.75. The third-order valence-corrected chi connectivity index (χ3v) is 4.21. The highest BCUT2D eigenvalue weighted by Gasteiger charge is 2.18. The molecule has 128 valence electrons. The van der Waals surface area contributed by atoms with Crippen molar-refractivity contribution in [3.63, 3.8) is 0 Å². The summed E-state index contributed by atoms with van der Waals surface area (Å²) in [5.41, 5.74) is 0.927. The molecule has 0 saturated carbocycles. The molecule has 0 saturated heterocycles. The zero-order valence-electron chi connectivity index (χ0n) is 12.8. The number of nitro benzene ring substituents is 1. The van der Waals surface area contributed by atoms with Crippen LogP contribution < -0.4 is 15.8 Å². The molecule has 0 aliphatic heterocycles. The SMILES string of the molecule is NS(=O)(=O)c1cc([N+](=O)[O-])ccc1NCCCNc1ccccc1. The molecule has 0 unspecified atom stereocenters. The number of anilines is 2. The molecule has 2 aromatic rings. The van der Waals surface area contributed by atoms with Gasteiger partial charge in [0, 0.05) is 30.9 Å². The lowest BCUT2D eigenvalue weighted by Gasteiger charge is -2.11. The molecule has 2 rings (SSSR count). The maximum Gasteiger partial charge on any atom is 0.270 e. The zero-order valence-corrected chi connectivity index (χ0v) is 13.6. The first-order valence-electron chi connectivity index (χ1n) is 7.22. The van der Waals surface area contributed by atoms with Gasteiger partial charge in [0.15, 0.2) is 0 Å².